The van der Waals surface area contributed by atoms with E-state index in [0.717, 1.165) is 17.2 Å². The van der Waals surface area contributed by atoms with Crippen LogP contribution in [0.3, 0.4) is 0 Å². The molecular weight excluding hydrogens is 292 g/mol. The van der Waals surface area contributed by atoms with Crippen LogP contribution in [0.25, 0.3) is 0 Å². The molecule has 2 aromatic rings. The SMILES string of the molecule is Cc1ccccc1CCNS(=O)(=O)c1c[nH]c(C(=O)O)c1. The van der Waals surface area contributed by atoms with E-state index in [1.165, 1.54) is 6.20 Å². The topological polar surface area (TPSA) is 99.3 Å². The molecule has 0 aliphatic heterocycles. The van der Waals surface area contributed by atoms with Gasteiger partial charge in [0.25, 0.3) is 0 Å². The Bertz CT molecular complexity index is 750. The molecule has 0 radical (unpaired) electrons. The molecule has 0 saturated heterocycles. The Kier molecular flexibility index (Phi) is 4.44. The van der Waals surface area contributed by atoms with E-state index in [0.29, 0.717) is 6.42 Å². The number of rotatable bonds is 6. The number of aryl methyl sites for hydroxylation is 1. The number of carboxylic acid groups (broad SMARTS) is 1. The zero-order chi connectivity index (χ0) is 15.5. The number of sulfonamides is 1. The van der Waals surface area contributed by atoms with Crippen LogP contribution in [-0.2, 0) is 16.4 Å². The molecule has 6 nitrogen and oxygen atoms in total. The predicted molar refractivity (Wildman–Crippen MR) is 77.8 cm³/mol. The van der Waals surface area contributed by atoms with E-state index in [9.17, 15) is 13.2 Å². The Morgan fingerprint density at radius 2 is 2.05 bits per heavy atom. The number of aromatic amines is 1. The fourth-order valence-electron chi connectivity index (χ4n) is 1.95. The molecule has 1 heterocycles. The van der Waals surface area contributed by atoms with Crippen LogP contribution < -0.4 is 4.72 Å². The van der Waals surface area contributed by atoms with Gasteiger partial charge in [-0.1, -0.05) is 24.3 Å². The molecule has 0 aliphatic rings. The van der Waals surface area contributed by atoms with Gasteiger partial charge in [0, 0.05) is 12.7 Å². The fourth-order valence-corrected chi connectivity index (χ4v) is 2.97. The normalized spacial score (nSPS) is 11.5. The summed E-state index contributed by atoms with van der Waals surface area (Å²) in [6.07, 6.45) is 1.74. The van der Waals surface area contributed by atoms with Crippen LogP contribution in [0.4, 0.5) is 0 Å². The third kappa shape index (κ3) is 3.71. The largest absolute Gasteiger partial charge is 0.477 e. The molecule has 0 aliphatic carbocycles. The van der Waals surface area contributed by atoms with Crippen LogP contribution in [0, 0.1) is 6.92 Å². The molecule has 0 bridgehead atoms. The summed E-state index contributed by atoms with van der Waals surface area (Å²) in [4.78, 5) is 13.1. The molecule has 0 spiro atoms. The number of hydrogen-bond acceptors (Lipinski definition) is 3. The van der Waals surface area contributed by atoms with Gasteiger partial charge in [-0.2, -0.15) is 0 Å². The molecule has 3 N–H and O–H groups in total. The lowest BCUT2D eigenvalue weighted by molar-refractivity contribution is 0.0691. The number of hydrogen-bond donors (Lipinski definition) is 3. The van der Waals surface area contributed by atoms with E-state index in [4.69, 9.17) is 5.11 Å². The van der Waals surface area contributed by atoms with Crippen molar-refractivity contribution in [3.05, 3.63) is 53.3 Å². The lowest BCUT2D eigenvalue weighted by atomic mass is 10.1. The van der Waals surface area contributed by atoms with Crippen molar-refractivity contribution in [3.8, 4) is 0 Å². The van der Waals surface area contributed by atoms with Gasteiger partial charge in [-0.05, 0) is 30.5 Å². The van der Waals surface area contributed by atoms with Crippen molar-refractivity contribution in [1.29, 1.82) is 0 Å². The van der Waals surface area contributed by atoms with Crippen molar-refractivity contribution in [3.63, 3.8) is 0 Å². The van der Waals surface area contributed by atoms with Gasteiger partial charge in [0.1, 0.15) is 10.6 Å². The molecule has 0 fully saturated rings. The van der Waals surface area contributed by atoms with Crippen molar-refractivity contribution in [2.24, 2.45) is 0 Å². The summed E-state index contributed by atoms with van der Waals surface area (Å²) in [5.41, 5.74) is 2.02. The lowest BCUT2D eigenvalue weighted by Gasteiger charge is -2.07. The maximum absolute atomic E-state index is 12.0. The first-order valence-electron chi connectivity index (χ1n) is 6.36. The molecule has 2 rings (SSSR count). The van der Waals surface area contributed by atoms with Gasteiger partial charge in [-0.25, -0.2) is 17.9 Å². The molecule has 112 valence electrons. The Morgan fingerprint density at radius 3 is 2.67 bits per heavy atom. The van der Waals surface area contributed by atoms with Gasteiger partial charge >= 0.3 is 5.97 Å². The van der Waals surface area contributed by atoms with Gasteiger partial charge < -0.3 is 10.1 Å². The minimum Gasteiger partial charge on any atom is -0.477 e. The highest BCUT2D eigenvalue weighted by molar-refractivity contribution is 7.89. The summed E-state index contributed by atoms with van der Waals surface area (Å²) in [5, 5.41) is 8.77. The Balaban J connectivity index is 2.01. The second kappa shape index (κ2) is 6.11. The average molecular weight is 308 g/mol. The van der Waals surface area contributed by atoms with E-state index in [2.05, 4.69) is 9.71 Å². The first-order chi connectivity index (χ1) is 9.90. The van der Waals surface area contributed by atoms with E-state index < -0.39 is 16.0 Å². The number of aromatic nitrogens is 1. The lowest BCUT2D eigenvalue weighted by Crippen LogP contribution is -2.25. The number of carbonyl (C=O) groups is 1. The van der Waals surface area contributed by atoms with Crippen molar-refractivity contribution in [2.45, 2.75) is 18.2 Å². The van der Waals surface area contributed by atoms with Gasteiger partial charge in [0.2, 0.25) is 10.0 Å². The number of aromatic carboxylic acids is 1. The van der Waals surface area contributed by atoms with Crippen LogP contribution in [0.2, 0.25) is 0 Å². The summed E-state index contributed by atoms with van der Waals surface area (Å²) >= 11 is 0. The van der Waals surface area contributed by atoms with Gasteiger partial charge in [0.15, 0.2) is 0 Å². The third-order valence-electron chi connectivity index (χ3n) is 3.14. The van der Waals surface area contributed by atoms with Crippen LogP contribution >= 0.6 is 0 Å². The summed E-state index contributed by atoms with van der Waals surface area (Å²) in [6.45, 7) is 2.22. The Labute approximate surface area is 122 Å². The first-order valence-corrected chi connectivity index (χ1v) is 7.84. The molecule has 1 aromatic carbocycles. The summed E-state index contributed by atoms with van der Waals surface area (Å²) in [6, 6.07) is 8.84. The monoisotopic (exact) mass is 308 g/mol. The smallest absolute Gasteiger partial charge is 0.352 e. The van der Waals surface area contributed by atoms with E-state index in [1.807, 2.05) is 31.2 Å². The predicted octanol–water partition coefficient (Wildman–Crippen LogP) is 1.54. The standard InChI is InChI=1S/C14H16N2O4S/c1-10-4-2-3-5-11(10)6-7-16-21(19,20)12-8-13(14(17)18)15-9-12/h2-5,8-9,15-16H,6-7H2,1H3,(H,17,18). The zero-order valence-corrected chi connectivity index (χ0v) is 12.3. The molecule has 0 amide bonds. The minimum atomic E-state index is -3.70. The molecule has 0 unspecified atom stereocenters. The van der Waals surface area contributed by atoms with E-state index in [-0.39, 0.29) is 17.1 Å². The molecule has 0 saturated carbocycles. The average Bonchev–Trinajstić information content (AvgIpc) is 2.91. The van der Waals surface area contributed by atoms with Crippen LogP contribution in [0.5, 0.6) is 0 Å². The second-order valence-electron chi connectivity index (χ2n) is 4.63. The maximum atomic E-state index is 12.0. The van der Waals surface area contributed by atoms with Gasteiger partial charge in [0.05, 0.1) is 0 Å². The van der Waals surface area contributed by atoms with E-state index in [1.54, 1.807) is 0 Å². The van der Waals surface area contributed by atoms with Gasteiger partial charge in [-0.3, -0.25) is 0 Å². The van der Waals surface area contributed by atoms with Crippen molar-refractivity contribution in [1.82, 2.24) is 9.71 Å². The second-order valence-corrected chi connectivity index (χ2v) is 6.40. The molecule has 7 heteroatoms. The van der Waals surface area contributed by atoms with Crippen LogP contribution in [0.1, 0.15) is 21.6 Å². The Morgan fingerprint density at radius 1 is 1.33 bits per heavy atom. The van der Waals surface area contributed by atoms with Crippen LogP contribution in [0.15, 0.2) is 41.4 Å². The van der Waals surface area contributed by atoms with Crippen molar-refractivity contribution >= 4 is 16.0 Å². The maximum Gasteiger partial charge on any atom is 0.352 e. The quantitative estimate of drug-likeness (QED) is 0.753. The highest BCUT2D eigenvalue weighted by atomic mass is 32.2. The molecule has 21 heavy (non-hydrogen) atoms. The summed E-state index contributed by atoms with van der Waals surface area (Å²) in [5.74, 6) is -1.20. The zero-order valence-electron chi connectivity index (χ0n) is 11.5. The fraction of sp³-hybridized carbons (Fsp3) is 0.214. The molecule has 1 aromatic heterocycles. The Hall–Kier alpha value is -2.12. The number of benzene rings is 1. The van der Waals surface area contributed by atoms with Crippen LogP contribution in [-0.4, -0.2) is 31.0 Å². The van der Waals surface area contributed by atoms with Gasteiger partial charge in [-0.15, -0.1) is 0 Å². The summed E-state index contributed by atoms with van der Waals surface area (Å²) < 4.78 is 26.5. The van der Waals surface area contributed by atoms with Crippen molar-refractivity contribution < 1.29 is 18.3 Å². The van der Waals surface area contributed by atoms with Crippen molar-refractivity contribution in [2.75, 3.05) is 6.54 Å². The number of H-pyrrole nitrogens is 1. The number of carboxylic acids is 1. The minimum absolute atomic E-state index is 0.0790. The molecular formula is C14H16N2O4S. The molecule has 0 atom stereocenters. The third-order valence-corrected chi connectivity index (χ3v) is 4.59. The first kappa shape index (κ1) is 15.3. The highest BCUT2D eigenvalue weighted by Crippen LogP contribution is 2.11. The summed E-state index contributed by atoms with van der Waals surface area (Å²) in [7, 11) is -3.70. The highest BCUT2D eigenvalue weighted by Gasteiger charge is 2.17. The number of nitrogens with one attached hydrogen (secondary N) is 2. The van der Waals surface area contributed by atoms with E-state index >= 15 is 0 Å².